The maximum absolute atomic E-state index is 12.6. The second kappa shape index (κ2) is 4.17. The Morgan fingerprint density at radius 3 is 2.53 bits per heavy atom. The first-order chi connectivity index (χ1) is 8.07. The molecule has 2 heteroatoms. The van der Waals surface area contributed by atoms with Gasteiger partial charge in [-0.3, -0.25) is 4.79 Å². The van der Waals surface area contributed by atoms with Crippen LogP contribution in [0.4, 0.5) is 5.69 Å². The number of nitrogens with zero attached hydrogens (tertiary/aromatic N) is 1. The highest BCUT2D eigenvalue weighted by atomic mass is 16.2. The molecule has 0 N–H and O–H groups in total. The van der Waals surface area contributed by atoms with Crippen LogP contribution in [-0.4, -0.2) is 12.5 Å². The molecule has 1 aromatic rings. The first kappa shape index (κ1) is 12.2. The van der Waals surface area contributed by atoms with Crippen molar-refractivity contribution in [3.63, 3.8) is 0 Å². The quantitative estimate of drug-likeness (QED) is 0.781. The molecule has 1 aliphatic heterocycles. The minimum Gasteiger partial charge on any atom is -0.312 e. The van der Waals surface area contributed by atoms with Crippen LogP contribution < -0.4 is 4.90 Å². The number of hydrogen-bond acceptors (Lipinski definition) is 1. The van der Waals surface area contributed by atoms with Gasteiger partial charge >= 0.3 is 0 Å². The second-order valence-corrected chi connectivity index (χ2v) is 5.08. The minimum atomic E-state index is -0.346. The molecule has 0 fully saturated rings. The van der Waals surface area contributed by atoms with E-state index in [0.717, 1.165) is 18.7 Å². The third-order valence-corrected chi connectivity index (χ3v) is 4.36. The van der Waals surface area contributed by atoms with Crippen LogP contribution in [0.25, 0.3) is 0 Å². The van der Waals surface area contributed by atoms with Gasteiger partial charge in [0.15, 0.2) is 0 Å². The lowest BCUT2D eigenvalue weighted by atomic mass is 9.72. The SMILES string of the molecule is CCC(C)C1(C)C(=O)N(CC)c2ccccc21. The molecular weight excluding hydrogens is 210 g/mol. The average Bonchev–Trinajstić information content (AvgIpc) is 2.59. The average molecular weight is 231 g/mol. The largest absolute Gasteiger partial charge is 0.312 e. The van der Waals surface area contributed by atoms with E-state index in [0.29, 0.717) is 5.92 Å². The monoisotopic (exact) mass is 231 g/mol. The fourth-order valence-electron chi connectivity index (χ4n) is 2.85. The van der Waals surface area contributed by atoms with E-state index in [4.69, 9.17) is 0 Å². The lowest BCUT2D eigenvalue weighted by Gasteiger charge is -2.30. The molecule has 1 aromatic carbocycles. The number of carbonyl (C=O) groups excluding carboxylic acids is 1. The standard InChI is InChI=1S/C15H21NO/c1-5-11(3)15(4)12-9-7-8-10-13(12)16(6-2)14(15)17/h7-11H,5-6H2,1-4H3. The number of hydrogen-bond donors (Lipinski definition) is 0. The highest BCUT2D eigenvalue weighted by Gasteiger charge is 2.49. The van der Waals surface area contributed by atoms with E-state index in [1.54, 1.807) is 0 Å². The van der Waals surface area contributed by atoms with Gasteiger partial charge < -0.3 is 4.90 Å². The Hall–Kier alpha value is -1.31. The zero-order valence-electron chi connectivity index (χ0n) is 11.2. The van der Waals surface area contributed by atoms with Crippen LogP contribution >= 0.6 is 0 Å². The van der Waals surface area contributed by atoms with Gasteiger partial charge in [-0.1, -0.05) is 38.5 Å². The summed E-state index contributed by atoms with van der Waals surface area (Å²) in [6, 6.07) is 8.21. The van der Waals surface area contributed by atoms with Crippen molar-refractivity contribution in [2.45, 2.75) is 39.5 Å². The summed E-state index contributed by atoms with van der Waals surface area (Å²) < 4.78 is 0. The molecule has 0 aromatic heterocycles. The van der Waals surface area contributed by atoms with Crippen molar-refractivity contribution in [3.05, 3.63) is 29.8 Å². The Kier molecular flexibility index (Phi) is 2.98. The number of para-hydroxylation sites is 1. The van der Waals surface area contributed by atoms with Gasteiger partial charge in [-0.25, -0.2) is 0 Å². The van der Waals surface area contributed by atoms with Gasteiger partial charge in [-0.15, -0.1) is 0 Å². The van der Waals surface area contributed by atoms with E-state index < -0.39 is 0 Å². The second-order valence-electron chi connectivity index (χ2n) is 5.08. The smallest absolute Gasteiger partial charge is 0.237 e. The predicted octanol–water partition coefficient (Wildman–Crippen LogP) is 3.36. The van der Waals surface area contributed by atoms with Crippen LogP contribution in [0.2, 0.25) is 0 Å². The number of benzene rings is 1. The fraction of sp³-hybridized carbons (Fsp3) is 0.533. The molecule has 1 heterocycles. The Labute approximate surface area is 104 Å². The molecule has 1 amide bonds. The van der Waals surface area contributed by atoms with Crippen LogP contribution in [0.15, 0.2) is 24.3 Å². The van der Waals surface area contributed by atoms with E-state index in [1.807, 2.05) is 24.0 Å². The molecule has 17 heavy (non-hydrogen) atoms. The third kappa shape index (κ3) is 1.50. The van der Waals surface area contributed by atoms with Gasteiger partial charge in [-0.05, 0) is 31.4 Å². The van der Waals surface area contributed by atoms with Crippen LogP contribution in [0.5, 0.6) is 0 Å². The van der Waals surface area contributed by atoms with Gasteiger partial charge in [0, 0.05) is 12.2 Å². The van der Waals surface area contributed by atoms with E-state index in [9.17, 15) is 4.79 Å². The lowest BCUT2D eigenvalue weighted by molar-refractivity contribution is -0.124. The Morgan fingerprint density at radius 2 is 1.94 bits per heavy atom. The van der Waals surface area contributed by atoms with Crippen LogP contribution in [0.3, 0.4) is 0 Å². The highest BCUT2D eigenvalue weighted by molar-refractivity contribution is 6.08. The number of carbonyl (C=O) groups is 1. The summed E-state index contributed by atoms with van der Waals surface area (Å²) in [7, 11) is 0. The molecule has 2 nitrogen and oxygen atoms in total. The first-order valence-corrected chi connectivity index (χ1v) is 6.48. The zero-order valence-corrected chi connectivity index (χ0v) is 11.2. The number of likely N-dealkylation sites (N-methyl/N-ethyl adjacent to an activating group) is 1. The first-order valence-electron chi connectivity index (χ1n) is 6.48. The van der Waals surface area contributed by atoms with E-state index in [1.165, 1.54) is 5.56 Å². The van der Waals surface area contributed by atoms with Crippen LogP contribution in [0, 0.1) is 5.92 Å². The van der Waals surface area contributed by atoms with Crippen molar-refractivity contribution in [1.29, 1.82) is 0 Å². The van der Waals surface area contributed by atoms with E-state index in [-0.39, 0.29) is 11.3 Å². The molecule has 2 rings (SSSR count). The van der Waals surface area contributed by atoms with Crippen LogP contribution in [-0.2, 0) is 10.2 Å². The molecule has 0 spiro atoms. The zero-order chi connectivity index (χ0) is 12.6. The molecule has 2 atom stereocenters. The van der Waals surface area contributed by atoms with Gasteiger partial charge in [0.05, 0.1) is 5.41 Å². The summed E-state index contributed by atoms with van der Waals surface area (Å²) in [5.41, 5.74) is 1.95. The summed E-state index contributed by atoms with van der Waals surface area (Å²) in [5.74, 6) is 0.628. The molecular formula is C15H21NO. The lowest BCUT2D eigenvalue weighted by Crippen LogP contribution is -2.42. The molecule has 0 radical (unpaired) electrons. The fourth-order valence-corrected chi connectivity index (χ4v) is 2.85. The van der Waals surface area contributed by atoms with Gasteiger partial charge in [0.25, 0.3) is 0 Å². The Morgan fingerprint density at radius 1 is 1.29 bits per heavy atom. The van der Waals surface area contributed by atoms with Crippen molar-refractivity contribution in [2.24, 2.45) is 5.92 Å². The number of fused-ring (bicyclic) bond motifs is 1. The normalized spacial score (nSPS) is 24.9. The summed E-state index contributed by atoms with van der Waals surface area (Å²) in [6.45, 7) is 9.21. The molecule has 0 saturated heterocycles. The topological polar surface area (TPSA) is 20.3 Å². The molecule has 0 saturated carbocycles. The van der Waals surface area contributed by atoms with Gasteiger partial charge in [0.2, 0.25) is 5.91 Å². The predicted molar refractivity (Wildman–Crippen MR) is 71.3 cm³/mol. The summed E-state index contributed by atoms with van der Waals surface area (Å²) in [6.07, 6.45) is 1.02. The number of rotatable bonds is 3. The molecule has 2 unspecified atom stereocenters. The maximum Gasteiger partial charge on any atom is 0.237 e. The summed E-state index contributed by atoms with van der Waals surface area (Å²) >= 11 is 0. The number of amides is 1. The van der Waals surface area contributed by atoms with Crippen molar-refractivity contribution >= 4 is 11.6 Å². The van der Waals surface area contributed by atoms with Gasteiger partial charge in [0.1, 0.15) is 0 Å². The third-order valence-electron chi connectivity index (χ3n) is 4.36. The Bertz CT molecular complexity index is 440. The molecule has 1 aliphatic rings. The van der Waals surface area contributed by atoms with Crippen molar-refractivity contribution in [1.82, 2.24) is 0 Å². The van der Waals surface area contributed by atoms with E-state index >= 15 is 0 Å². The van der Waals surface area contributed by atoms with Crippen molar-refractivity contribution in [3.8, 4) is 0 Å². The summed E-state index contributed by atoms with van der Waals surface area (Å²) in [5, 5.41) is 0. The summed E-state index contributed by atoms with van der Waals surface area (Å²) in [4.78, 5) is 14.6. The van der Waals surface area contributed by atoms with Crippen molar-refractivity contribution < 1.29 is 4.79 Å². The molecule has 0 bridgehead atoms. The molecule has 0 aliphatic carbocycles. The maximum atomic E-state index is 12.6. The number of anilines is 1. The van der Waals surface area contributed by atoms with Gasteiger partial charge in [-0.2, -0.15) is 0 Å². The molecule has 92 valence electrons. The van der Waals surface area contributed by atoms with Crippen LogP contribution in [0.1, 0.15) is 39.7 Å². The Balaban J connectivity index is 2.60. The minimum absolute atomic E-state index is 0.260. The highest BCUT2D eigenvalue weighted by Crippen LogP contribution is 2.46. The van der Waals surface area contributed by atoms with E-state index in [2.05, 4.69) is 32.9 Å². The van der Waals surface area contributed by atoms with Crippen molar-refractivity contribution in [2.75, 3.05) is 11.4 Å².